The van der Waals surface area contributed by atoms with Gasteiger partial charge in [-0.15, -0.1) is 11.3 Å². The highest BCUT2D eigenvalue weighted by molar-refractivity contribution is 9.10. The Bertz CT molecular complexity index is 598. The minimum absolute atomic E-state index is 0.227. The van der Waals surface area contributed by atoms with Gasteiger partial charge < -0.3 is 11.1 Å². The van der Waals surface area contributed by atoms with E-state index < -0.39 is 0 Å². The SMILES string of the molecule is NC(=S)c1cc(Br)ccc1NC(=O)c1cscn1. The van der Waals surface area contributed by atoms with E-state index in [1.807, 2.05) is 0 Å². The number of halogens is 1. The lowest BCUT2D eigenvalue weighted by Gasteiger charge is -2.09. The average molecular weight is 342 g/mol. The van der Waals surface area contributed by atoms with Crippen LogP contribution in [0.1, 0.15) is 16.1 Å². The van der Waals surface area contributed by atoms with Gasteiger partial charge in [0.05, 0.1) is 11.2 Å². The van der Waals surface area contributed by atoms with Gasteiger partial charge in [0.1, 0.15) is 10.7 Å². The Morgan fingerprint density at radius 2 is 2.28 bits per heavy atom. The number of nitrogens with one attached hydrogen (secondary N) is 1. The van der Waals surface area contributed by atoms with Crippen molar-refractivity contribution in [2.45, 2.75) is 0 Å². The Kier molecular flexibility index (Phi) is 4.05. The summed E-state index contributed by atoms with van der Waals surface area (Å²) in [5.74, 6) is -0.281. The maximum absolute atomic E-state index is 11.9. The number of nitrogens with two attached hydrogens (primary N) is 1. The Morgan fingerprint density at radius 3 is 2.89 bits per heavy atom. The van der Waals surface area contributed by atoms with Gasteiger partial charge in [0.15, 0.2) is 0 Å². The number of carbonyl (C=O) groups excluding carboxylic acids is 1. The monoisotopic (exact) mass is 341 g/mol. The average Bonchev–Trinajstić information content (AvgIpc) is 2.84. The summed E-state index contributed by atoms with van der Waals surface area (Å²) >= 11 is 9.65. The van der Waals surface area contributed by atoms with Gasteiger partial charge in [-0.3, -0.25) is 4.79 Å². The molecule has 0 bridgehead atoms. The number of carbonyl (C=O) groups is 1. The smallest absolute Gasteiger partial charge is 0.275 e. The molecule has 3 N–H and O–H groups in total. The van der Waals surface area contributed by atoms with Crippen molar-refractivity contribution in [3.8, 4) is 0 Å². The first-order valence-electron chi connectivity index (χ1n) is 4.87. The van der Waals surface area contributed by atoms with Gasteiger partial charge in [0.25, 0.3) is 5.91 Å². The standard InChI is InChI=1S/C11H8BrN3OS2/c12-6-1-2-8(7(3-6)10(13)17)15-11(16)9-4-18-5-14-9/h1-5H,(H2,13,17)(H,15,16). The number of benzene rings is 1. The first-order chi connectivity index (χ1) is 8.58. The molecule has 0 fully saturated rings. The number of amides is 1. The summed E-state index contributed by atoms with van der Waals surface area (Å²) in [6.45, 7) is 0. The molecule has 2 aromatic rings. The molecule has 1 aromatic carbocycles. The zero-order valence-corrected chi connectivity index (χ0v) is 12.2. The van der Waals surface area contributed by atoms with Crippen molar-refractivity contribution in [2.24, 2.45) is 5.73 Å². The van der Waals surface area contributed by atoms with Crippen molar-refractivity contribution < 1.29 is 4.79 Å². The molecule has 92 valence electrons. The molecule has 0 unspecified atom stereocenters. The molecule has 2 rings (SSSR count). The van der Waals surface area contributed by atoms with Crippen LogP contribution >= 0.6 is 39.5 Å². The highest BCUT2D eigenvalue weighted by Crippen LogP contribution is 2.21. The summed E-state index contributed by atoms with van der Waals surface area (Å²) in [5, 5.41) is 4.41. The number of hydrogen-bond acceptors (Lipinski definition) is 4. The van der Waals surface area contributed by atoms with Crippen LogP contribution in [0.3, 0.4) is 0 Å². The van der Waals surface area contributed by atoms with E-state index in [9.17, 15) is 4.79 Å². The Hall–Kier alpha value is -1.31. The van der Waals surface area contributed by atoms with Gasteiger partial charge in [-0.05, 0) is 18.2 Å². The number of hydrogen-bond donors (Lipinski definition) is 2. The quantitative estimate of drug-likeness (QED) is 0.842. The fourth-order valence-corrected chi connectivity index (χ4v) is 2.40. The second-order valence-corrected chi connectivity index (χ2v) is 5.46. The molecule has 0 saturated carbocycles. The lowest BCUT2D eigenvalue weighted by atomic mass is 10.1. The first-order valence-corrected chi connectivity index (χ1v) is 7.01. The maximum atomic E-state index is 11.9. The van der Waals surface area contributed by atoms with E-state index in [-0.39, 0.29) is 10.9 Å². The number of rotatable bonds is 3. The summed E-state index contributed by atoms with van der Waals surface area (Å²) in [6.07, 6.45) is 0. The fourth-order valence-electron chi connectivity index (χ4n) is 1.34. The normalized spacial score (nSPS) is 10.1. The molecule has 7 heteroatoms. The molecule has 4 nitrogen and oxygen atoms in total. The zero-order chi connectivity index (χ0) is 13.1. The second kappa shape index (κ2) is 5.55. The maximum Gasteiger partial charge on any atom is 0.275 e. The van der Waals surface area contributed by atoms with Crippen LogP contribution in [0.2, 0.25) is 0 Å². The van der Waals surface area contributed by atoms with Gasteiger partial charge in [0, 0.05) is 15.4 Å². The van der Waals surface area contributed by atoms with Gasteiger partial charge in [0.2, 0.25) is 0 Å². The number of nitrogens with zero attached hydrogens (tertiary/aromatic N) is 1. The predicted octanol–water partition coefficient (Wildman–Crippen LogP) is 2.79. The minimum atomic E-state index is -0.281. The molecule has 1 heterocycles. The Morgan fingerprint density at radius 1 is 1.50 bits per heavy atom. The third kappa shape index (κ3) is 2.92. The molecule has 18 heavy (non-hydrogen) atoms. The van der Waals surface area contributed by atoms with Gasteiger partial charge in [-0.1, -0.05) is 28.1 Å². The van der Waals surface area contributed by atoms with Crippen molar-refractivity contribution in [3.63, 3.8) is 0 Å². The van der Waals surface area contributed by atoms with E-state index >= 15 is 0 Å². The van der Waals surface area contributed by atoms with Crippen molar-refractivity contribution in [1.29, 1.82) is 0 Å². The number of anilines is 1. The van der Waals surface area contributed by atoms with Crippen molar-refractivity contribution in [3.05, 3.63) is 44.8 Å². The third-order valence-electron chi connectivity index (χ3n) is 2.16. The number of aromatic nitrogens is 1. The first kappa shape index (κ1) is 13.1. The van der Waals surface area contributed by atoms with Gasteiger partial charge in [-0.25, -0.2) is 4.98 Å². The van der Waals surface area contributed by atoms with Crippen LogP contribution < -0.4 is 11.1 Å². The summed E-state index contributed by atoms with van der Waals surface area (Å²) in [6, 6.07) is 5.31. The van der Waals surface area contributed by atoms with E-state index in [0.717, 1.165) is 4.47 Å². The van der Waals surface area contributed by atoms with Crippen LogP contribution in [-0.4, -0.2) is 15.9 Å². The summed E-state index contributed by atoms with van der Waals surface area (Å²) < 4.78 is 0.844. The predicted molar refractivity (Wildman–Crippen MR) is 80.1 cm³/mol. The van der Waals surface area contributed by atoms with E-state index in [1.54, 1.807) is 29.1 Å². The lowest BCUT2D eigenvalue weighted by Crippen LogP contribution is -2.17. The number of thiazole rings is 1. The molecule has 1 amide bonds. The summed E-state index contributed by atoms with van der Waals surface area (Å²) in [5.41, 5.74) is 8.78. The molecule has 0 radical (unpaired) electrons. The molecular formula is C11H8BrN3OS2. The van der Waals surface area contributed by atoms with Crippen LogP contribution in [0.5, 0.6) is 0 Å². The zero-order valence-electron chi connectivity index (χ0n) is 9.01. The highest BCUT2D eigenvalue weighted by atomic mass is 79.9. The Balaban J connectivity index is 2.29. The molecule has 0 spiro atoms. The minimum Gasteiger partial charge on any atom is -0.389 e. The molecule has 0 aliphatic carbocycles. The van der Waals surface area contributed by atoms with E-state index in [2.05, 4.69) is 26.2 Å². The van der Waals surface area contributed by atoms with Crippen LogP contribution in [-0.2, 0) is 0 Å². The van der Waals surface area contributed by atoms with E-state index in [4.69, 9.17) is 18.0 Å². The summed E-state index contributed by atoms with van der Waals surface area (Å²) in [7, 11) is 0. The van der Waals surface area contributed by atoms with Crippen molar-refractivity contribution >= 4 is 56.1 Å². The number of thiocarbonyl (C=S) groups is 1. The molecular weight excluding hydrogens is 334 g/mol. The molecule has 0 aliphatic heterocycles. The van der Waals surface area contributed by atoms with Gasteiger partial charge in [-0.2, -0.15) is 0 Å². The molecule has 1 aromatic heterocycles. The topological polar surface area (TPSA) is 68.0 Å². The van der Waals surface area contributed by atoms with Crippen LogP contribution in [0.15, 0.2) is 33.6 Å². The molecule has 0 saturated heterocycles. The van der Waals surface area contributed by atoms with E-state index in [0.29, 0.717) is 16.9 Å². The Labute approximate surface area is 121 Å². The van der Waals surface area contributed by atoms with Crippen molar-refractivity contribution in [1.82, 2.24) is 4.98 Å². The summed E-state index contributed by atoms with van der Waals surface area (Å²) in [4.78, 5) is 16.0. The van der Waals surface area contributed by atoms with E-state index in [1.165, 1.54) is 11.3 Å². The lowest BCUT2D eigenvalue weighted by molar-refractivity contribution is 0.102. The van der Waals surface area contributed by atoms with Crippen molar-refractivity contribution in [2.75, 3.05) is 5.32 Å². The second-order valence-electron chi connectivity index (χ2n) is 3.38. The fraction of sp³-hybridized carbons (Fsp3) is 0. The van der Waals surface area contributed by atoms with Gasteiger partial charge >= 0.3 is 0 Å². The molecule has 0 aliphatic rings. The molecule has 0 atom stereocenters. The largest absolute Gasteiger partial charge is 0.389 e. The van der Waals surface area contributed by atoms with Crippen LogP contribution in [0.25, 0.3) is 0 Å². The van der Waals surface area contributed by atoms with Crippen LogP contribution in [0, 0.1) is 0 Å². The van der Waals surface area contributed by atoms with Crippen LogP contribution in [0.4, 0.5) is 5.69 Å². The third-order valence-corrected chi connectivity index (χ3v) is 3.46. The highest BCUT2D eigenvalue weighted by Gasteiger charge is 2.12.